The smallest absolute Gasteiger partial charge is 0.400 e. The summed E-state index contributed by atoms with van der Waals surface area (Å²) in [4.78, 5) is 3.89. The molecule has 0 amide bonds. The third-order valence-corrected chi connectivity index (χ3v) is 1.84. The Morgan fingerprint density at radius 3 is 2.93 bits per heavy atom. The lowest BCUT2D eigenvalue weighted by atomic mass is 10.5. The van der Waals surface area contributed by atoms with E-state index in [2.05, 4.69) is 10.1 Å². The number of aryl methyl sites for hydroxylation is 2. The van der Waals surface area contributed by atoms with Crippen LogP contribution in [0.4, 0.5) is 0 Å². The first-order chi connectivity index (χ1) is 7.19. The highest BCUT2D eigenvalue weighted by atomic mass is 16.6. The molecule has 2 aromatic heterocycles. The van der Waals surface area contributed by atoms with Crippen molar-refractivity contribution < 1.29 is 14.3 Å². The lowest BCUT2D eigenvalue weighted by Crippen LogP contribution is -1.95. The molecule has 0 atom stereocenters. The van der Waals surface area contributed by atoms with Gasteiger partial charge in [0.15, 0.2) is 0 Å². The Balaban J connectivity index is 2.17. The van der Waals surface area contributed by atoms with Crippen molar-refractivity contribution in [1.29, 1.82) is 0 Å². The predicted molar refractivity (Wildman–Crippen MR) is 50.4 cm³/mol. The monoisotopic (exact) mass is 209 g/mol. The molecule has 2 rings (SSSR count). The number of ether oxygens (including phenoxy) is 1. The van der Waals surface area contributed by atoms with Crippen molar-refractivity contribution in [2.75, 3.05) is 0 Å². The minimum atomic E-state index is -0.169. The van der Waals surface area contributed by atoms with Gasteiger partial charge in [0.2, 0.25) is 5.88 Å². The van der Waals surface area contributed by atoms with E-state index in [-0.39, 0.29) is 12.7 Å². The molecule has 0 radical (unpaired) electrons. The zero-order valence-electron chi connectivity index (χ0n) is 8.47. The maximum atomic E-state index is 8.78. The van der Waals surface area contributed by atoms with E-state index in [0.29, 0.717) is 11.6 Å². The van der Waals surface area contributed by atoms with Crippen molar-refractivity contribution in [2.45, 2.75) is 13.5 Å². The summed E-state index contributed by atoms with van der Waals surface area (Å²) >= 11 is 0. The van der Waals surface area contributed by atoms with Gasteiger partial charge in [-0.25, -0.2) is 4.68 Å². The van der Waals surface area contributed by atoms with Gasteiger partial charge in [0.05, 0.1) is 12.3 Å². The molecule has 2 heterocycles. The van der Waals surface area contributed by atoms with Crippen molar-refractivity contribution in [3.8, 4) is 12.0 Å². The normalized spacial score (nSPS) is 10.6. The molecule has 0 fully saturated rings. The Labute approximate surface area is 86.1 Å². The zero-order chi connectivity index (χ0) is 10.8. The lowest BCUT2D eigenvalue weighted by molar-refractivity contribution is 0.276. The molecule has 0 spiro atoms. The summed E-state index contributed by atoms with van der Waals surface area (Å²) in [5, 5.41) is 12.9. The lowest BCUT2D eigenvalue weighted by Gasteiger charge is -1.98. The summed E-state index contributed by atoms with van der Waals surface area (Å²) < 4.78 is 11.9. The zero-order valence-corrected chi connectivity index (χ0v) is 8.47. The molecule has 0 aromatic carbocycles. The van der Waals surface area contributed by atoms with Crippen molar-refractivity contribution in [2.24, 2.45) is 7.05 Å². The first-order valence-electron chi connectivity index (χ1n) is 4.43. The van der Waals surface area contributed by atoms with E-state index < -0.39 is 0 Å². The molecule has 6 heteroatoms. The first kappa shape index (κ1) is 9.72. The van der Waals surface area contributed by atoms with Crippen molar-refractivity contribution in [3.63, 3.8) is 0 Å². The number of aliphatic hydroxyl groups excluding tert-OH is 1. The molecular weight excluding hydrogens is 198 g/mol. The van der Waals surface area contributed by atoms with Crippen LogP contribution in [0.2, 0.25) is 0 Å². The third kappa shape index (κ3) is 1.99. The number of hydrogen-bond acceptors (Lipinski definition) is 5. The molecule has 1 N–H and O–H groups in total. The van der Waals surface area contributed by atoms with Crippen LogP contribution in [0.5, 0.6) is 12.0 Å². The number of oxazole rings is 1. The fourth-order valence-corrected chi connectivity index (χ4v) is 1.18. The maximum absolute atomic E-state index is 8.78. The highest BCUT2D eigenvalue weighted by molar-refractivity contribution is 5.17. The summed E-state index contributed by atoms with van der Waals surface area (Å²) in [6.07, 6.45) is 1.44. The number of hydrogen-bond donors (Lipinski definition) is 1. The third-order valence-electron chi connectivity index (χ3n) is 1.84. The molecule has 0 unspecified atom stereocenters. The van der Waals surface area contributed by atoms with E-state index in [0.717, 1.165) is 5.69 Å². The molecule has 80 valence electrons. The molecule has 0 aliphatic carbocycles. The van der Waals surface area contributed by atoms with Gasteiger partial charge >= 0.3 is 6.08 Å². The quantitative estimate of drug-likeness (QED) is 0.816. The van der Waals surface area contributed by atoms with Crippen LogP contribution >= 0.6 is 0 Å². The van der Waals surface area contributed by atoms with Gasteiger partial charge in [0.1, 0.15) is 12.0 Å². The number of aromatic nitrogens is 3. The van der Waals surface area contributed by atoms with Gasteiger partial charge in [-0.15, -0.1) is 0 Å². The van der Waals surface area contributed by atoms with Gasteiger partial charge < -0.3 is 14.3 Å². The molecular formula is C9H11N3O3. The maximum Gasteiger partial charge on any atom is 0.400 e. The largest absolute Gasteiger partial charge is 0.417 e. The summed E-state index contributed by atoms with van der Waals surface area (Å²) in [6, 6.07) is 1.77. The Hall–Kier alpha value is -1.82. The van der Waals surface area contributed by atoms with Gasteiger partial charge in [-0.3, -0.25) is 0 Å². The Kier molecular flexibility index (Phi) is 2.42. The van der Waals surface area contributed by atoms with Gasteiger partial charge in [0.25, 0.3) is 0 Å². The van der Waals surface area contributed by atoms with Gasteiger partial charge in [-0.1, -0.05) is 0 Å². The summed E-state index contributed by atoms with van der Waals surface area (Å²) in [5.41, 5.74) is 1.28. The number of rotatable bonds is 3. The van der Waals surface area contributed by atoms with E-state index in [1.54, 1.807) is 17.8 Å². The standard InChI is InChI=1S/C9H11N3O3/c1-6-3-8(12(2)11-6)15-9-10-7(4-13)5-14-9/h3,5,13H,4H2,1-2H3. The summed E-state index contributed by atoms with van der Waals surface area (Å²) in [5.74, 6) is 0.541. The van der Waals surface area contributed by atoms with Crippen LogP contribution in [0.1, 0.15) is 11.4 Å². The Morgan fingerprint density at radius 2 is 2.40 bits per heavy atom. The summed E-state index contributed by atoms with van der Waals surface area (Å²) in [7, 11) is 1.76. The van der Waals surface area contributed by atoms with Crippen LogP contribution in [0.15, 0.2) is 16.7 Å². The average Bonchev–Trinajstić information content (AvgIpc) is 2.75. The van der Waals surface area contributed by atoms with Crippen molar-refractivity contribution in [3.05, 3.63) is 23.7 Å². The van der Waals surface area contributed by atoms with Crippen LogP contribution in [0, 0.1) is 6.92 Å². The minimum Gasteiger partial charge on any atom is -0.417 e. The molecule has 0 aliphatic heterocycles. The molecule has 0 saturated heterocycles. The molecule has 0 saturated carbocycles. The van der Waals surface area contributed by atoms with E-state index in [1.165, 1.54) is 6.26 Å². The van der Waals surface area contributed by atoms with Crippen LogP contribution < -0.4 is 4.74 Å². The van der Waals surface area contributed by atoms with Crippen molar-refractivity contribution >= 4 is 0 Å². The van der Waals surface area contributed by atoms with Gasteiger partial charge in [-0.05, 0) is 6.92 Å². The molecule has 15 heavy (non-hydrogen) atoms. The van der Waals surface area contributed by atoms with Crippen LogP contribution in [-0.2, 0) is 13.7 Å². The Morgan fingerprint density at radius 1 is 1.60 bits per heavy atom. The second-order valence-electron chi connectivity index (χ2n) is 3.11. The molecule has 2 aromatic rings. The molecule has 6 nitrogen and oxygen atoms in total. The molecule has 0 aliphatic rings. The summed E-state index contributed by atoms with van der Waals surface area (Å²) in [6.45, 7) is 1.69. The van der Waals surface area contributed by atoms with E-state index >= 15 is 0 Å². The van der Waals surface area contributed by atoms with Crippen LogP contribution in [0.25, 0.3) is 0 Å². The topological polar surface area (TPSA) is 73.3 Å². The average molecular weight is 209 g/mol. The second kappa shape index (κ2) is 3.74. The number of aliphatic hydroxyl groups is 1. The highest BCUT2D eigenvalue weighted by Gasteiger charge is 2.09. The van der Waals surface area contributed by atoms with E-state index in [9.17, 15) is 0 Å². The van der Waals surface area contributed by atoms with Gasteiger partial charge in [0, 0.05) is 13.1 Å². The molecule has 0 bridgehead atoms. The Bertz CT molecular complexity index is 461. The van der Waals surface area contributed by atoms with E-state index in [1.807, 2.05) is 6.92 Å². The first-order valence-corrected chi connectivity index (χ1v) is 4.43. The van der Waals surface area contributed by atoms with Crippen LogP contribution in [0.3, 0.4) is 0 Å². The minimum absolute atomic E-state index is 0.0991. The SMILES string of the molecule is Cc1cc(Oc2nc(CO)co2)n(C)n1. The van der Waals surface area contributed by atoms with E-state index in [4.69, 9.17) is 14.3 Å². The predicted octanol–water partition coefficient (Wildman–Crippen LogP) is 1.00. The number of nitrogens with zero attached hydrogens (tertiary/aromatic N) is 3. The highest BCUT2D eigenvalue weighted by Crippen LogP contribution is 2.20. The fourth-order valence-electron chi connectivity index (χ4n) is 1.18. The van der Waals surface area contributed by atoms with Gasteiger partial charge in [-0.2, -0.15) is 10.1 Å². The van der Waals surface area contributed by atoms with Crippen LogP contribution in [-0.4, -0.2) is 19.9 Å². The van der Waals surface area contributed by atoms with Crippen molar-refractivity contribution in [1.82, 2.24) is 14.8 Å². The fraction of sp³-hybridized carbons (Fsp3) is 0.333. The second-order valence-corrected chi connectivity index (χ2v) is 3.11.